The number of halogens is 1. The Balaban J connectivity index is 1.76. The molecule has 0 aliphatic heterocycles. The Labute approximate surface area is 190 Å². The molecule has 9 heteroatoms. The predicted octanol–water partition coefficient (Wildman–Crippen LogP) is 4.22. The Morgan fingerprint density at radius 3 is 2.48 bits per heavy atom. The highest BCUT2D eigenvalue weighted by molar-refractivity contribution is 7.99. The lowest BCUT2D eigenvalue weighted by atomic mass is 10.2. The van der Waals surface area contributed by atoms with Crippen molar-refractivity contribution in [2.75, 3.05) is 12.3 Å². The second kappa shape index (κ2) is 11.0. The van der Waals surface area contributed by atoms with Crippen LogP contribution in [0.25, 0.3) is 11.4 Å². The van der Waals surface area contributed by atoms with Crippen LogP contribution in [-0.2, 0) is 11.3 Å². The molecular formula is C22H24ClN5O2S. The minimum absolute atomic E-state index is 0.0323. The molecule has 3 rings (SSSR count). The zero-order chi connectivity index (χ0) is 22.2. The van der Waals surface area contributed by atoms with Gasteiger partial charge in [-0.2, -0.15) is 0 Å². The monoisotopic (exact) mass is 457 g/mol. The fourth-order valence-electron chi connectivity index (χ4n) is 2.78. The Morgan fingerprint density at radius 1 is 1.06 bits per heavy atom. The summed E-state index contributed by atoms with van der Waals surface area (Å²) in [6.07, 6.45) is 0. The minimum Gasteiger partial charge on any atom is -0.338 e. The number of urea groups is 1. The molecule has 2 aromatic carbocycles. The van der Waals surface area contributed by atoms with Crippen molar-refractivity contribution in [2.24, 2.45) is 5.92 Å². The first kappa shape index (κ1) is 22.8. The summed E-state index contributed by atoms with van der Waals surface area (Å²) in [5.74, 6) is 0.548. The van der Waals surface area contributed by atoms with Crippen molar-refractivity contribution in [1.82, 2.24) is 25.4 Å². The maximum Gasteiger partial charge on any atom is 0.321 e. The van der Waals surface area contributed by atoms with E-state index < -0.39 is 11.9 Å². The third kappa shape index (κ3) is 6.57. The van der Waals surface area contributed by atoms with E-state index in [0.29, 0.717) is 35.0 Å². The molecule has 0 saturated carbocycles. The molecule has 162 valence electrons. The third-order valence-corrected chi connectivity index (χ3v) is 5.57. The molecule has 3 aromatic rings. The number of imide groups is 1. The molecule has 0 unspecified atom stereocenters. The van der Waals surface area contributed by atoms with E-state index in [-0.39, 0.29) is 5.75 Å². The average Bonchev–Trinajstić information content (AvgIpc) is 3.14. The van der Waals surface area contributed by atoms with Crippen LogP contribution >= 0.6 is 23.4 Å². The number of thioether (sulfide) groups is 1. The minimum atomic E-state index is -0.498. The zero-order valence-electron chi connectivity index (χ0n) is 17.3. The van der Waals surface area contributed by atoms with Gasteiger partial charge in [0.15, 0.2) is 11.0 Å². The van der Waals surface area contributed by atoms with Gasteiger partial charge in [-0.25, -0.2) is 4.79 Å². The van der Waals surface area contributed by atoms with Gasteiger partial charge in [0.1, 0.15) is 0 Å². The standard InChI is InChI=1S/C22H24ClN5O2S/c1-15(2)12-24-21(30)25-19(29)14-31-22-27-26-20(17-10-6-7-11-18(17)23)28(22)13-16-8-4-3-5-9-16/h3-11,15H,12-14H2,1-2H3,(H2,24,25,29,30). The molecule has 1 aromatic heterocycles. The summed E-state index contributed by atoms with van der Waals surface area (Å²) in [7, 11) is 0. The fourth-order valence-corrected chi connectivity index (χ4v) is 3.74. The van der Waals surface area contributed by atoms with Gasteiger partial charge in [-0.1, -0.05) is 79.7 Å². The molecule has 0 bridgehead atoms. The molecule has 0 atom stereocenters. The van der Waals surface area contributed by atoms with Gasteiger partial charge in [0, 0.05) is 12.1 Å². The summed E-state index contributed by atoms with van der Waals surface area (Å²) in [6, 6.07) is 16.8. The number of hydrogen-bond donors (Lipinski definition) is 2. The number of benzene rings is 2. The molecule has 1 heterocycles. The Bertz CT molecular complexity index is 1040. The van der Waals surface area contributed by atoms with Crippen LogP contribution in [0.15, 0.2) is 59.8 Å². The van der Waals surface area contributed by atoms with E-state index in [1.54, 1.807) is 6.07 Å². The second-order valence-corrected chi connectivity index (χ2v) is 8.65. The summed E-state index contributed by atoms with van der Waals surface area (Å²) < 4.78 is 1.92. The number of aromatic nitrogens is 3. The van der Waals surface area contributed by atoms with Gasteiger partial charge in [-0.15, -0.1) is 10.2 Å². The lowest BCUT2D eigenvalue weighted by Crippen LogP contribution is -2.41. The van der Waals surface area contributed by atoms with Gasteiger partial charge in [0.2, 0.25) is 5.91 Å². The van der Waals surface area contributed by atoms with Gasteiger partial charge in [0.05, 0.1) is 17.3 Å². The van der Waals surface area contributed by atoms with Gasteiger partial charge in [-0.3, -0.25) is 14.7 Å². The lowest BCUT2D eigenvalue weighted by molar-refractivity contribution is -0.117. The smallest absolute Gasteiger partial charge is 0.321 e. The zero-order valence-corrected chi connectivity index (χ0v) is 18.9. The maximum absolute atomic E-state index is 12.2. The maximum atomic E-state index is 12.2. The predicted molar refractivity (Wildman–Crippen MR) is 123 cm³/mol. The first-order valence-electron chi connectivity index (χ1n) is 9.86. The summed E-state index contributed by atoms with van der Waals surface area (Å²) >= 11 is 7.60. The molecule has 7 nitrogen and oxygen atoms in total. The largest absolute Gasteiger partial charge is 0.338 e. The average molecular weight is 458 g/mol. The van der Waals surface area contributed by atoms with Gasteiger partial charge >= 0.3 is 6.03 Å². The number of hydrogen-bond acceptors (Lipinski definition) is 5. The lowest BCUT2D eigenvalue weighted by Gasteiger charge is -2.11. The third-order valence-electron chi connectivity index (χ3n) is 4.27. The highest BCUT2D eigenvalue weighted by Crippen LogP contribution is 2.29. The number of rotatable bonds is 8. The Morgan fingerprint density at radius 2 is 1.77 bits per heavy atom. The molecule has 31 heavy (non-hydrogen) atoms. The van der Waals surface area contributed by atoms with E-state index >= 15 is 0 Å². The van der Waals surface area contributed by atoms with E-state index in [4.69, 9.17) is 11.6 Å². The van der Waals surface area contributed by atoms with Crippen LogP contribution in [0.4, 0.5) is 4.79 Å². The van der Waals surface area contributed by atoms with Crippen molar-refractivity contribution >= 4 is 35.3 Å². The van der Waals surface area contributed by atoms with Crippen molar-refractivity contribution < 1.29 is 9.59 Å². The molecule has 0 fully saturated rings. The van der Waals surface area contributed by atoms with Crippen LogP contribution in [0, 0.1) is 5.92 Å². The number of carbonyl (C=O) groups excluding carboxylic acids is 2. The van der Waals surface area contributed by atoms with Crippen molar-refractivity contribution in [2.45, 2.75) is 25.5 Å². The molecule has 0 saturated heterocycles. The van der Waals surface area contributed by atoms with Crippen LogP contribution < -0.4 is 10.6 Å². The summed E-state index contributed by atoms with van der Waals surface area (Å²) in [6.45, 7) is 4.98. The number of carbonyl (C=O) groups is 2. The van der Waals surface area contributed by atoms with E-state index in [2.05, 4.69) is 20.8 Å². The van der Waals surface area contributed by atoms with E-state index in [1.165, 1.54) is 11.8 Å². The van der Waals surface area contributed by atoms with Crippen molar-refractivity contribution in [3.8, 4) is 11.4 Å². The number of amides is 3. The molecule has 0 spiro atoms. The first-order valence-corrected chi connectivity index (χ1v) is 11.2. The second-order valence-electron chi connectivity index (χ2n) is 7.30. The van der Waals surface area contributed by atoms with Crippen LogP contribution in [0.3, 0.4) is 0 Å². The highest BCUT2D eigenvalue weighted by atomic mass is 35.5. The van der Waals surface area contributed by atoms with E-state index in [0.717, 1.165) is 11.1 Å². The quantitative estimate of drug-likeness (QED) is 0.494. The van der Waals surface area contributed by atoms with Gasteiger partial charge < -0.3 is 5.32 Å². The van der Waals surface area contributed by atoms with Gasteiger partial charge in [0.25, 0.3) is 0 Å². The fraction of sp³-hybridized carbons (Fsp3) is 0.273. The molecule has 0 radical (unpaired) electrons. The van der Waals surface area contributed by atoms with Crippen LogP contribution in [0.1, 0.15) is 19.4 Å². The van der Waals surface area contributed by atoms with E-state index in [9.17, 15) is 9.59 Å². The molecule has 3 amide bonds. The van der Waals surface area contributed by atoms with Crippen LogP contribution in [-0.4, -0.2) is 39.0 Å². The first-order chi connectivity index (χ1) is 14.9. The molecular weight excluding hydrogens is 434 g/mol. The highest BCUT2D eigenvalue weighted by Gasteiger charge is 2.18. The van der Waals surface area contributed by atoms with Crippen LogP contribution in [0.2, 0.25) is 5.02 Å². The number of nitrogens with zero attached hydrogens (tertiary/aromatic N) is 3. The summed E-state index contributed by atoms with van der Waals surface area (Å²) in [5.41, 5.74) is 1.83. The summed E-state index contributed by atoms with van der Waals surface area (Å²) in [5, 5.41) is 14.7. The van der Waals surface area contributed by atoms with Crippen molar-refractivity contribution in [3.05, 3.63) is 65.2 Å². The Kier molecular flexibility index (Phi) is 8.08. The summed E-state index contributed by atoms with van der Waals surface area (Å²) in [4.78, 5) is 24.0. The SMILES string of the molecule is CC(C)CNC(=O)NC(=O)CSc1nnc(-c2ccccc2Cl)n1Cc1ccccc1. The molecule has 2 N–H and O–H groups in total. The van der Waals surface area contributed by atoms with Crippen molar-refractivity contribution in [1.29, 1.82) is 0 Å². The molecule has 0 aliphatic rings. The molecule has 0 aliphatic carbocycles. The van der Waals surface area contributed by atoms with E-state index in [1.807, 2.05) is 66.9 Å². The van der Waals surface area contributed by atoms with Crippen molar-refractivity contribution in [3.63, 3.8) is 0 Å². The topological polar surface area (TPSA) is 88.9 Å². The Hall–Kier alpha value is -2.84. The normalized spacial score (nSPS) is 10.8. The van der Waals surface area contributed by atoms with Gasteiger partial charge in [-0.05, 0) is 23.6 Å². The number of nitrogens with one attached hydrogen (secondary N) is 2. The van der Waals surface area contributed by atoms with Crippen LogP contribution in [0.5, 0.6) is 0 Å².